The minimum absolute atomic E-state index is 0.206. The summed E-state index contributed by atoms with van der Waals surface area (Å²) < 4.78 is 6.05. The maximum absolute atomic E-state index is 12.4. The number of ether oxygens (including phenoxy) is 1. The van der Waals surface area contributed by atoms with E-state index in [1.54, 1.807) is 7.11 Å². The van der Waals surface area contributed by atoms with Crippen molar-refractivity contribution in [3.63, 3.8) is 0 Å². The second-order valence-corrected chi connectivity index (χ2v) is 8.75. The summed E-state index contributed by atoms with van der Waals surface area (Å²) in [5.41, 5.74) is 0.682. The first-order chi connectivity index (χ1) is 13.0. The van der Waals surface area contributed by atoms with Crippen molar-refractivity contribution in [3.05, 3.63) is 35.9 Å². The third-order valence-corrected chi connectivity index (χ3v) is 7.28. The Bertz CT molecular complexity index is 675. The van der Waals surface area contributed by atoms with Crippen LogP contribution in [-0.4, -0.2) is 31.1 Å². The lowest BCUT2D eigenvalue weighted by molar-refractivity contribution is -0.188. The normalized spacial score (nSPS) is 34.9. The summed E-state index contributed by atoms with van der Waals surface area (Å²) in [6, 6.07) is 9.45. The zero-order chi connectivity index (χ0) is 19.0. The fourth-order valence-electron chi connectivity index (χ4n) is 6.06. The maximum Gasteiger partial charge on any atom is 0.309 e. The quantitative estimate of drug-likeness (QED) is 0.783. The Balaban J connectivity index is 1.36. The summed E-state index contributed by atoms with van der Waals surface area (Å²) in [5.74, 6) is 1.53. The molecule has 4 bridgehead atoms. The highest BCUT2D eigenvalue weighted by atomic mass is 16.5. The van der Waals surface area contributed by atoms with Crippen LogP contribution >= 0.6 is 0 Å². The third kappa shape index (κ3) is 3.38. The van der Waals surface area contributed by atoms with Crippen molar-refractivity contribution in [2.45, 2.75) is 50.7 Å². The number of methoxy groups -OCH3 is 1. The Morgan fingerprint density at radius 2 is 1.63 bits per heavy atom. The summed E-state index contributed by atoms with van der Waals surface area (Å²) in [4.78, 5) is 24.8. The first kappa shape index (κ1) is 18.5. The summed E-state index contributed by atoms with van der Waals surface area (Å²) in [6.07, 6.45) is 6.18. The average Bonchev–Trinajstić information content (AvgIpc) is 2.68. The summed E-state index contributed by atoms with van der Waals surface area (Å²) >= 11 is 0. The predicted molar refractivity (Wildman–Crippen MR) is 103 cm³/mol. The van der Waals surface area contributed by atoms with Crippen LogP contribution in [0.5, 0.6) is 0 Å². The Hall–Kier alpha value is -1.88. The summed E-state index contributed by atoms with van der Waals surface area (Å²) in [5, 5.41) is 5.67. The molecule has 1 atom stereocenters. The van der Waals surface area contributed by atoms with Gasteiger partial charge in [0.05, 0.1) is 11.6 Å². The van der Waals surface area contributed by atoms with Crippen LogP contribution in [0.3, 0.4) is 0 Å². The number of benzene rings is 1. The van der Waals surface area contributed by atoms with Gasteiger partial charge < -0.3 is 15.4 Å². The van der Waals surface area contributed by atoms with Crippen LogP contribution in [0.2, 0.25) is 0 Å². The van der Waals surface area contributed by atoms with Gasteiger partial charge in [-0.25, -0.2) is 0 Å². The van der Waals surface area contributed by atoms with Crippen molar-refractivity contribution in [1.82, 2.24) is 10.6 Å². The second kappa shape index (κ2) is 7.27. The van der Waals surface area contributed by atoms with Gasteiger partial charge in [-0.05, 0) is 68.3 Å². The Morgan fingerprint density at radius 3 is 2.19 bits per heavy atom. The molecular weight excluding hydrogens is 340 g/mol. The zero-order valence-corrected chi connectivity index (χ0v) is 16.2. The summed E-state index contributed by atoms with van der Waals surface area (Å²) in [6.45, 7) is 2.32. The smallest absolute Gasteiger partial charge is 0.309 e. The van der Waals surface area contributed by atoms with E-state index in [9.17, 15) is 9.59 Å². The van der Waals surface area contributed by atoms with Crippen LogP contribution in [0.15, 0.2) is 30.3 Å². The van der Waals surface area contributed by atoms with Gasteiger partial charge in [0, 0.05) is 13.7 Å². The van der Waals surface area contributed by atoms with Gasteiger partial charge in [-0.3, -0.25) is 9.59 Å². The lowest BCUT2D eigenvalue weighted by atomic mass is 9.49. The molecule has 4 fully saturated rings. The lowest BCUT2D eigenvalue weighted by Gasteiger charge is -2.60. The molecular formula is C22H30N2O3. The molecule has 0 heterocycles. The van der Waals surface area contributed by atoms with E-state index in [4.69, 9.17) is 4.74 Å². The van der Waals surface area contributed by atoms with E-state index in [-0.39, 0.29) is 11.6 Å². The highest BCUT2D eigenvalue weighted by Gasteiger charge is 2.57. The molecule has 0 spiro atoms. The zero-order valence-electron chi connectivity index (χ0n) is 16.2. The molecule has 4 aliphatic carbocycles. The molecule has 27 heavy (non-hydrogen) atoms. The van der Waals surface area contributed by atoms with Crippen molar-refractivity contribution in [1.29, 1.82) is 0 Å². The van der Waals surface area contributed by atoms with Crippen LogP contribution in [0.4, 0.5) is 0 Å². The largest absolute Gasteiger partial charge is 0.376 e. The molecule has 0 saturated heterocycles. The van der Waals surface area contributed by atoms with Crippen LogP contribution in [0.25, 0.3) is 0 Å². The van der Waals surface area contributed by atoms with Crippen molar-refractivity contribution >= 4 is 11.8 Å². The molecule has 1 unspecified atom stereocenters. The van der Waals surface area contributed by atoms with E-state index in [1.165, 1.54) is 32.1 Å². The van der Waals surface area contributed by atoms with Crippen molar-refractivity contribution in [3.8, 4) is 0 Å². The lowest BCUT2D eigenvalue weighted by Crippen LogP contribution is -2.63. The number of hydrogen-bond acceptors (Lipinski definition) is 3. The average molecular weight is 370 g/mol. The second-order valence-electron chi connectivity index (χ2n) is 8.75. The standard InChI is InChI=1S/C22H30N2O3/c1-14(17-6-4-3-5-7-17)24-21(26)20(25)23-13-22(27-2)18-9-15-8-16(11-18)12-19(22)10-15/h3-7,14-16,18-19H,8-13H2,1-2H3,(H,23,25)(H,24,26). The fourth-order valence-corrected chi connectivity index (χ4v) is 6.06. The third-order valence-electron chi connectivity index (χ3n) is 7.28. The number of nitrogens with one attached hydrogen (secondary N) is 2. The van der Waals surface area contributed by atoms with E-state index in [1.807, 2.05) is 37.3 Å². The molecule has 146 valence electrons. The Morgan fingerprint density at radius 1 is 1.04 bits per heavy atom. The minimum Gasteiger partial charge on any atom is -0.376 e. The molecule has 1 aromatic carbocycles. The highest BCUT2D eigenvalue weighted by molar-refractivity contribution is 6.35. The first-order valence-corrected chi connectivity index (χ1v) is 10.2. The molecule has 4 saturated carbocycles. The molecule has 1 aromatic rings. The van der Waals surface area contributed by atoms with Gasteiger partial charge in [0.15, 0.2) is 0 Å². The number of hydrogen-bond donors (Lipinski definition) is 2. The van der Waals surface area contributed by atoms with E-state index >= 15 is 0 Å². The Labute approximate surface area is 161 Å². The van der Waals surface area contributed by atoms with E-state index < -0.39 is 11.8 Å². The van der Waals surface area contributed by atoms with Crippen LogP contribution in [-0.2, 0) is 14.3 Å². The molecule has 0 aliphatic heterocycles. The molecule has 2 N–H and O–H groups in total. The molecule has 0 radical (unpaired) electrons. The molecule has 5 heteroatoms. The van der Waals surface area contributed by atoms with Crippen LogP contribution in [0.1, 0.15) is 50.6 Å². The highest BCUT2D eigenvalue weighted by Crippen LogP contribution is 2.59. The van der Waals surface area contributed by atoms with E-state index in [0.29, 0.717) is 18.4 Å². The topological polar surface area (TPSA) is 67.4 Å². The molecule has 5 nitrogen and oxygen atoms in total. The SMILES string of the molecule is COC1(CNC(=O)C(=O)NC(C)c2ccccc2)C2CC3CC(C2)CC1C3. The summed E-state index contributed by atoms with van der Waals surface area (Å²) in [7, 11) is 1.77. The van der Waals surface area contributed by atoms with Crippen LogP contribution < -0.4 is 10.6 Å². The van der Waals surface area contributed by atoms with E-state index in [0.717, 1.165) is 17.4 Å². The minimum atomic E-state index is -0.582. The number of carbonyl (C=O) groups is 2. The van der Waals surface area contributed by atoms with Crippen molar-refractivity contribution < 1.29 is 14.3 Å². The van der Waals surface area contributed by atoms with Gasteiger partial charge in [-0.2, -0.15) is 0 Å². The van der Waals surface area contributed by atoms with Crippen molar-refractivity contribution in [2.75, 3.05) is 13.7 Å². The van der Waals surface area contributed by atoms with Gasteiger partial charge >= 0.3 is 11.8 Å². The van der Waals surface area contributed by atoms with Crippen molar-refractivity contribution in [2.24, 2.45) is 23.7 Å². The van der Waals surface area contributed by atoms with Gasteiger partial charge in [0.25, 0.3) is 0 Å². The molecule has 0 aromatic heterocycles. The molecule has 5 rings (SSSR count). The number of amides is 2. The van der Waals surface area contributed by atoms with Gasteiger partial charge in [-0.15, -0.1) is 0 Å². The fraction of sp³-hybridized carbons (Fsp3) is 0.636. The predicted octanol–water partition coefficient (Wildman–Crippen LogP) is 2.82. The first-order valence-electron chi connectivity index (χ1n) is 10.2. The van der Waals surface area contributed by atoms with Gasteiger partial charge in [0.1, 0.15) is 0 Å². The number of carbonyl (C=O) groups excluding carboxylic acids is 2. The van der Waals surface area contributed by atoms with Crippen LogP contribution in [0, 0.1) is 23.7 Å². The van der Waals surface area contributed by atoms with E-state index in [2.05, 4.69) is 10.6 Å². The number of rotatable bonds is 5. The maximum atomic E-state index is 12.4. The molecule has 2 amide bonds. The monoisotopic (exact) mass is 370 g/mol. The van der Waals surface area contributed by atoms with Gasteiger partial charge in [-0.1, -0.05) is 30.3 Å². The molecule has 4 aliphatic rings. The Kier molecular flexibility index (Phi) is 4.97. The van der Waals surface area contributed by atoms with Gasteiger partial charge in [0.2, 0.25) is 0 Å².